The molecule has 2 aromatic heterocycles. The first-order valence-electron chi connectivity index (χ1n) is 8.91. The Hall–Kier alpha value is -2.28. The Bertz CT molecular complexity index is 977. The molecule has 0 aliphatic carbocycles. The molecule has 3 rings (SSSR count). The molecule has 3 aromatic rings. The van der Waals surface area contributed by atoms with E-state index < -0.39 is 0 Å². The largest absolute Gasteiger partial charge is 0.354 e. The molecule has 26 heavy (non-hydrogen) atoms. The summed E-state index contributed by atoms with van der Waals surface area (Å²) in [5, 5.41) is 8.88. The van der Waals surface area contributed by atoms with Gasteiger partial charge in [0.05, 0.1) is 6.20 Å². The Morgan fingerprint density at radius 3 is 2.85 bits per heavy atom. The first-order chi connectivity index (χ1) is 12.6. The third-order valence-electron chi connectivity index (χ3n) is 4.34. The molecule has 0 atom stereocenters. The Kier molecular flexibility index (Phi) is 5.98. The van der Waals surface area contributed by atoms with Crippen molar-refractivity contribution in [2.75, 3.05) is 18.1 Å². The summed E-state index contributed by atoms with van der Waals surface area (Å²) in [6.45, 7) is 2.73. The van der Waals surface area contributed by atoms with Crippen LogP contribution in [0.3, 0.4) is 0 Å². The van der Waals surface area contributed by atoms with Crippen LogP contribution in [-0.4, -0.2) is 38.3 Å². The predicted molar refractivity (Wildman–Crippen MR) is 108 cm³/mol. The smallest absolute Gasteiger partial charge is 0.291 e. The van der Waals surface area contributed by atoms with Crippen molar-refractivity contribution in [1.82, 2.24) is 19.7 Å². The minimum atomic E-state index is -0.241. The molecular formula is C19H24N4O2S. The molecule has 7 heteroatoms. The van der Waals surface area contributed by atoms with E-state index in [9.17, 15) is 9.59 Å². The van der Waals surface area contributed by atoms with Gasteiger partial charge in [-0.05, 0) is 30.4 Å². The summed E-state index contributed by atoms with van der Waals surface area (Å²) in [5.41, 5.74) is 1.31. The Morgan fingerprint density at radius 2 is 2.04 bits per heavy atom. The van der Waals surface area contributed by atoms with E-state index in [0.29, 0.717) is 12.1 Å². The van der Waals surface area contributed by atoms with Gasteiger partial charge < -0.3 is 9.88 Å². The zero-order valence-corrected chi connectivity index (χ0v) is 16.0. The maximum atomic E-state index is 12.8. The minimum absolute atomic E-state index is 0.0571. The van der Waals surface area contributed by atoms with E-state index in [1.165, 1.54) is 11.1 Å². The normalized spacial score (nSPS) is 11.3. The van der Waals surface area contributed by atoms with E-state index in [1.54, 1.807) is 6.20 Å². The van der Waals surface area contributed by atoms with Crippen LogP contribution in [0.4, 0.5) is 0 Å². The second kappa shape index (κ2) is 8.40. The molecule has 0 radical (unpaired) electrons. The fraction of sp³-hybridized carbons (Fsp3) is 0.421. The molecule has 0 saturated carbocycles. The lowest BCUT2D eigenvalue weighted by molar-refractivity contribution is -0.121. The van der Waals surface area contributed by atoms with Crippen molar-refractivity contribution >= 4 is 39.5 Å². The summed E-state index contributed by atoms with van der Waals surface area (Å²) in [4.78, 5) is 24.9. The fourth-order valence-corrected chi connectivity index (χ4v) is 3.91. The summed E-state index contributed by atoms with van der Waals surface area (Å²) in [6, 6.07) is 7.84. The molecule has 2 heterocycles. The van der Waals surface area contributed by atoms with Gasteiger partial charge in [0.15, 0.2) is 0 Å². The van der Waals surface area contributed by atoms with E-state index in [-0.39, 0.29) is 18.0 Å². The van der Waals surface area contributed by atoms with Gasteiger partial charge in [0.1, 0.15) is 12.1 Å². The van der Waals surface area contributed by atoms with Crippen LogP contribution in [0.25, 0.3) is 21.8 Å². The number of nitrogens with zero attached hydrogens (tertiary/aromatic N) is 3. The van der Waals surface area contributed by atoms with E-state index in [0.717, 1.165) is 34.2 Å². The number of nitrogens with one attached hydrogen (secondary N) is 1. The van der Waals surface area contributed by atoms with Crippen LogP contribution >= 0.6 is 11.8 Å². The first kappa shape index (κ1) is 18.5. The van der Waals surface area contributed by atoms with Crippen LogP contribution in [0.2, 0.25) is 0 Å². The molecule has 0 bridgehead atoms. The van der Waals surface area contributed by atoms with Crippen LogP contribution < -0.4 is 10.9 Å². The van der Waals surface area contributed by atoms with E-state index in [1.807, 2.05) is 47.6 Å². The van der Waals surface area contributed by atoms with Crippen LogP contribution in [0.5, 0.6) is 0 Å². The Balaban J connectivity index is 1.72. The summed E-state index contributed by atoms with van der Waals surface area (Å²) >= 11 is 1.89. The summed E-state index contributed by atoms with van der Waals surface area (Å²) in [7, 11) is 1.87. The Morgan fingerprint density at radius 1 is 1.23 bits per heavy atom. The van der Waals surface area contributed by atoms with Crippen LogP contribution in [-0.2, 0) is 18.4 Å². The van der Waals surface area contributed by atoms with Gasteiger partial charge in [0, 0.05) is 29.9 Å². The number of para-hydroxylation sites is 1. The Labute approximate surface area is 156 Å². The van der Waals surface area contributed by atoms with Gasteiger partial charge in [-0.3, -0.25) is 9.59 Å². The van der Waals surface area contributed by atoms with Crippen molar-refractivity contribution in [2.45, 2.75) is 26.3 Å². The van der Waals surface area contributed by atoms with Gasteiger partial charge in [0.2, 0.25) is 5.91 Å². The highest BCUT2D eigenvalue weighted by Gasteiger charge is 2.14. The quantitative estimate of drug-likeness (QED) is 0.617. The molecule has 0 fully saturated rings. The standard InChI is InChI=1S/C19H24N4O2S/c1-3-10-26-11-6-9-20-17(24)13-23-19(25)18-15(12-21-23)14-7-4-5-8-16(14)22(18)2/h4-5,7-8,12H,3,6,9-11,13H2,1-2H3,(H,20,24). The third kappa shape index (κ3) is 3.77. The number of benzene rings is 1. The lowest BCUT2D eigenvalue weighted by Gasteiger charge is -2.07. The van der Waals surface area contributed by atoms with Crippen LogP contribution in [0.15, 0.2) is 35.3 Å². The first-order valence-corrected chi connectivity index (χ1v) is 10.1. The molecule has 0 spiro atoms. The van der Waals surface area contributed by atoms with Crippen molar-refractivity contribution in [3.05, 3.63) is 40.8 Å². The van der Waals surface area contributed by atoms with E-state index in [4.69, 9.17) is 0 Å². The average Bonchev–Trinajstić information content (AvgIpc) is 2.94. The van der Waals surface area contributed by atoms with Gasteiger partial charge in [0.25, 0.3) is 5.56 Å². The molecule has 6 nitrogen and oxygen atoms in total. The highest BCUT2D eigenvalue weighted by Crippen LogP contribution is 2.24. The number of thioether (sulfide) groups is 1. The molecule has 1 aromatic carbocycles. The molecule has 138 valence electrons. The molecule has 1 N–H and O–H groups in total. The van der Waals surface area contributed by atoms with Crippen LogP contribution in [0, 0.1) is 0 Å². The zero-order valence-electron chi connectivity index (χ0n) is 15.2. The topological polar surface area (TPSA) is 68.9 Å². The molecule has 0 aliphatic rings. The lowest BCUT2D eigenvalue weighted by atomic mass is 10.2. The maximum absolute atomic E-state index is 12.8. The van der Waals surface area contributed by atoms with Gasteiger partial charge >= 0.3 is 0 Å². The number of aromatic nitrogens is 3. The molecule has 0 saturated heterocycles. The average molecular weight is 372 g/mol. The van der Waals surface area contributed by atoms with Crippen molar-refractivity contribution in [3.8, 4) is 0 Å². The molecular weight excluding hydrogens is 348 g/mol. The molecule has 1 amide bonds. The third-order valence-corrected chi connectivity index (χ3v) is 5.61. The number of rotatable bonds is 8. The second-order valence-corrected chi connectivity index (χ2v) is 7.49. The lowest BCUT2D eigenvalue weighted by Crippen LogP contribution is -2.34. The number of carbonyl (C=O) groups excluding carboxylic acids is 1. The fourth-order valence-electron chi connectivity index (χ4n) is 3.07. The number of carbonyl (C=O) groups is 1. The summed E-state index contributed by atoms with van der Waals surface area (Å²) in [6.07, 6.45) is 3.77. The number of fused-ring (bicyclic) bond motifs is 3. The van der Waals surface area contributed by atoms with Gasteiger partial charge in [-0.15, -0.1) is 0 Å². The minimum Gasteiger partial charge on any atom is -0.354 e. The molecule has 0 unspecified atom stereocenters. The second-order valence-electron chi connectivity index (χ2n) is 6.26. The van der Waals surface area contributed by atoms with Gasteiger partial charge in [-0.1, -0.05) is 25.1 Å². The van der Waals surface area contributed by atoms with Gasteiger partial charge in [-0.2, -0.15) is 16.9 Å². The number of amides is 1. The van der Waals surface area contributed by atoms with Crippen LogP contribution in [0.1, 0.15) is 19.8 Å². The molecule has 0 aliphatic heterocycles. The zero-order chi connectivity index (χ0) is 18.5. The number of hydrogen-bond donors (Lipinski definition) is 1. The highest BCUT2D eigenvalue weighted by molar-refractivity contribution is 7.99. The maximum Gasteiger partial charge on any atom is 0.291 e. The van der Waals surface area contributed by atoms with E-state index in [2.05, 4.69) is 17.3 Å². The van der Waals surface area contributed by atoms with Crippen molar-refractivity contribution in [1.29, 1.82) is 0 Å². The van der Waals surface area contributed by atoms with Crippen molar-refractivity contribution in [2.24, 2.45) is 7.05 Å². The van der Waals surface area contributed by atoms with Crippen molar-refractivity contribution < 1.29 is 4.79 Å². The summed E-state index contributed by atoms with van der Waals surface area (Å²) < 4.78 is 3.11. The van der Waals surface area contributed by atoms with Crippen molar-refractivity contribution in [3.63, 3.8) is 0 Å². The number of aryl methyl sites for hydroxylation is 1. The SMILES string of the molecule is CCCSCCCNC(=O)Cn1ncc2c3ccccc3n(C)c2c1=O. The monoisotopic (exact) mass is 372 g/mol. The predicted octanol–water partition coefficient (Wildman–Crippen LogP) is 2.54. The van der Waals surface area contributed by atoms with Gasteiger partial charge in [-0.25, -0.2) is 4.68 Å². The van der Waals surface area contributed by atoms with E-state index >= 15 is 0 Å². The summed E-state index contributed by atoms with van der Waals surface area (Å²) in [5.74, 6) is 2.00. The highest BCUT2D eigenvalue weighted by atomic mass is 32.2. The number of hydrogen-bond acceptors (Lipinski definition) is 4.